The number of unbranched alkanes of at least 4 members (excludes halogenated alkanes) is 11. The van der Waals surface area contributed by atoms with Crippen LogP contribution in [0.2, 0.25) is 0 Å². The van der Waals surface area contributed by atoms with Gasteiger partial charge in [-0.2, -0.15) is 0 Å². The number of allylic oxidation sites excluding steroid dienone is 24. The molecule has 0 aliphatic carbocycles. The fourth-order valence-corrected chi connectivity index (χ4v) is 5.86. The summed E-state index contributed by atoms with van der Waals surface area (Å²) in [5.41, 5.74) is 0. The molecule has 0 rings (SSSR count). The highest BCUT2D eigenvalue weighted by molar-refractivity contribution is 5.71. The van der Waals surface area contributed by atoms with Crippen molar-refractivity contribution in [3.63, 3.8) is 0 Å². The van der Waals surface area contributed by atoms with E-state index in [9.17, 15) is 14.4 Å². The van der Waals surface area contributed by atoms with Gasteiger partial charge in [-0.05, 0) is 89.9 Å². The minimum Gasteiger partial charge on any atom is -0.462 e. The van der Waals surface area contributed by atoms with Gasteiger partial charge in [0.1, 0.15) is 13.2 Å². The Morgan fingerprint density at radius 2 is 0.746 bits per heavy atom. The molecule has 0 heterocycles. The summed E-state index contributed by atoms with van der Waals surface area (Å²) in [7, 11) is 0. The van der Waals surface area contributed by atoms with E-state index < -0.39 is 6.10 Å². The van der Waals surface area contributed by atoms with Crippen LogP contribution in [0.25, 0.3) is 0 Å². The van der Waals surface area contributed by atoms with Gasteiger partial charge in [-0.3, -0.25) is 14.4 Å². The highest BCUT2D eigenvalue weighted by Gasteiger charge is 2.19. The van der Waals surface area contributed by atoms with Crippen LogP contribution in [0.4, 0.5) is 0 Å². The van der Waals surface area contributed by atoms with Crippen LogP contribution in [-0.4, -0.2) is 37.2 Å². The van der Waals surface area contributed by atoms with Crippen LogP contribution in [0.1, 0.15) is 175 Å². The van der Waals surface area contributed by atoms with E-state index in [4.69, 9.17) is 14.2 Å². The third kappa shape index (κ3) is 48.2. The van der Waals surface area contributed by atoms with Gasteiger partial charge in [0.05, 0.1) is 0 Å². The first-order chi connectivity index (χ1) is 31.0. The van der Waals surface area contributed by atoms with Crippen LogP contribution in [0.3, 0.4) is 0 Å². The molecule has 350 valence electrons. The van der Waals surface area contributed by atoms with Crippen molar-refractivity contribution >= 4 is 17.9 Å². The summed E-state index contributed by atoms with van der Waals surface area (Å²) in [6, 6.07) is 0. The molecule has 6 nitrogen and oxygen atoms in total. The number of ether oxygens (including phenoxy) is 3. The monoisotopic (exact) mass is 867 g/mol. The molecule has 0 saturated heterocycles. The van der Waals surface area contributed by atoms with Crippen molar-refractivity contribution in [2.45, 2.75) is 181 Å². The normalized spacial score (nSPS) is 13.4. The second-order valence-corrected chi connectivity index (χ2v) is 15.4. The van der Waals surface area contributed by atoms with Crippen LogP contribution in [0.5, 0.6) is 0 Å². The van der Waals surface area contributed by atoms with Crippen LogP contribution in [0, 0.1) is 0 Å². The lowest BCUT2D eigenvalue weighted by Crippen LogP contribution is -2.30. The van der Waals surface area contributed by atoms with Crippen LogP contribution < -0.4 is 0 Å². The lowest BCUT2D eigenvalue weighted by atomic mass is 10.1. The average Bonchev–Trinajstić information content (AvgIpc) is 3.28. The molecule has 0 N–H and O–H groups in total. The number of carbonyl (C=O) groups is 3. The highest BCUT2D eigenvalue weighted by Crippen LogP contribution is 2.11. The molecule has 0 aromatic carbocycles. The first-order valence-electron chi connectivity index (χ1n) is 24.4. The Hall–Kier alpha value is -4.71. The molecule has 63 heavy (non-hydrogen) atoms. The van der Waals surface area contributed by atoms with E-state index in [2.05, 4.69) is 99.8 Å². The predicted octanol–water partition coefficient (Wildman–Crippen LogP) is 16.1. The highest BCUT2D eigenvalue weighted by atomic mass is 16.6. The maximum atomic E-state index is 12.8. The average molecular weight is 867 g/mol. The molecule has 6 heteroatoms. The van der Waals surface area contributed by atoms with Crippen LogP contribution in [-0.2, 0) is 28.6 Å². The topological polar surface area (TPSA) is 78.9 Å². The molecular formula is C57H86O6. The number of hydrogen-bond donors (Lipinski definition) is 0. The molecular weight excluding hydrogens is 781 g/mol. The largest absolute Gasteiger partial charge is 0.462 e. The summed E-state index contributed by atoms with van der Waals surface area (Å²) in [5, 5.41) is 0. The van der Waals surface area contributed by atoms with E-state index in [1.165, 1.54) is 44.9 Å². The van der Waals surface area contributed by atoms with Gasteiger partial charge in [0.25, 0.3) is 0 Å². The Morgan fingerprint density at radius 1 is 0.349 bits per heavy atom. The summed E-state index contributed by atoms with van der Waals surface area (Å²) in [5.74, 6) is -1.15. The molecule has 0 saturated carbocycles. The molecule has 0 aliphatic rings. The van der Waals surface area contributed by atoms with Gasteiger partial charge in [0.2, 0.25) is 0 Å². The lowest BCUT2D eigenvalue weighted by Gasteiger charge is -2.18. The molecule has 0 aromatic heterocycles. The third-order valence-electron chi connectivity index (χ3n) is 9.48. The third-order valence-corrected chi connectivity index (χ3v) is 9.48. The van der Waals surface area contributed by atoms with E-state index in [1.54, 1.807) is 0 Å². The van der Waals surface area contributed by atoms with E-state index in [0.717, 1.165) is 70.6 Å². The van der Waals surface area contributed by atoms with Crippen molar-refractivity contribution in [3.05, 3.63) is 146 Å². The van der Waals surface area contributed by atoms with Crippen molar-refractivity contribution < 1.29 is 28.6 Å². The Morgan fingerprint density at radius 3 is 1.29 bits per heavy atom. The van der Waals surface area contributed by atoms with Crippen molar-refractivity contribution in [2.24, 2.45) is 0 Å². The van der Waals surface area contributed by atoms with Crippen LogP contribution >= 0.6 is 0 Å². The quantitative estimate of drug-likeness (QED) is 0.0200. The molecule has 0 bridgehead atoms. The Balaban J connectivity index is 4.68. The molecule has 0 aromatic rings. The van der Waals surface area contributed by atoms with Crippen molar-refractivity contribution in [2.75, 3.05) is 13.2 Å². The number of rotatable bonds is 41. The van der Waals surface area contributed by atoms with Crippen molar-refractivity contribution in [1.82, 2.24) is 0 Å². The second-order valence-electron chi connectivity index (χ2n) is 15.4. The first-order valence-corrected chi connectivity index (χ1v) is 24.4. The molecule has 1 unspecified atom stereocenters. The SMILES string of the molecule is CC\C=C/C=C\C=C/C=C\C=C/CCCC(=O)OCC(COC(=O)CC/C=C\C/C=C\C/C=C\C/C=C\C/C=C\CC)OC(=O)CCCCC/C=C\C=C/CCCCCCCCC. The summed E-state index contributed by atoms with van der Waals surface area (Å²) in [6.45, 7) is 6.18. The smallest absolute Gasteiger partial charge is 0.306 e. The van der Waals surface area contributed by atoms with E-state index in [-0.39, 0.29) is 50.4 Å². The molecule has 0 spiro atoms. The lowest BCUT2D eigenvalue weighted by molar-refractivity contribution is -0.166. The molecule has 0 aliphatic heterocycles. The molecule has 0 fully saturated rings. The zero-order valence-corrected chi connectivity index (χ0v) is 39.8. The minimum atomic E-state index is -0.856. The van der Waals surface area contributed by atoms with Crippen molar-refractivity contribution in [1.29, 1.82) is 0 Å². The van der Waals surface area contributed by atoms with Gasteiger partial charge in [-0.15, -0.1) is 0 Å². The minimum absolute atomic E-state index is 0.155. The number of carbonyl (C=O) groups excluding carboxylic acids is 3. The summed E-state index contributed by atoms with van der Waals surface area (Å²) < 4.78 is 16.6. The van der Waals surface area contributed by atoms with Gasteiger partial charge >= 0.3 is 17.9 Å². The Labute approximate surface area is 385 Å². The summed E-state index contributed by atoms with van der Waals surface area (Å²) >= 11 is 0. The fraction of sp³-hybridized carbons (Fsp3) is 0.526. The van der Waals surface area contributed by atoms with E-state index >= 15 is 0 Å². The number of hydrogen-bond acceptors (Lipinski definition) is 6. The fourth-order valence-electron chi connectivity index (χ4n) is 5.86. The molecule has 1 atom stereocenters. The summed E-state index contributed by atoms with van der Waals surface area (Å²) in [4.78, 5) is 37.8. The maximum absolute atomic E-state index is 12.8. The molecule has 0 radical (unpaired) electrons. The number of esters is 3. The molecule has 0 amide bonds. The second kappa shape index (κ2) is 49.9. The Kier molecular flexibility index (Phi) is 46.2. The first kappa shape index (κ1) is 58.3. The van der Waals surface area contributed by atoms with E-state index in [0.29, 0.717) is 19.3 Å². The van der Waals surface area contributed by atoms with Gasteiger partial charge < -0.3 is 14.2 Å². The predicted molar refractivity (Wildman–Crippen MR) is 269 cm³/mol. The Bertz CT molecular complexity index is 1460. The maximum Gasteiger partial charge on any atom is 0.306 e. The van der Waals surface area contributed by atoms with Crippen LogP contribution in [0.15, 0.2) is 146 Å². The van der Waals surface area contributed by atoms with E-state index in [1.807, 2.05) is 66.8 Å². The van der Waals surface area contributed by atoms with Gasteiger partial charge in [-0.1, -0.05) is 212 Å². The van der Waals surface area contributed by atoms with Crippen molar-refractivity contribution in [3.8, 4) is 0 Å². The van der Waals surface area contributed by atoms with Gasteiger partial charge in [-0.25, -0.2) is 0 Å². The zero-order valence-electron chi connectivity index (χ0n) is 39.8. The van der Waals surface area contributed by atoms with Gasteiger partial charge in [0, 0.05) is 19.3 Å². The standard InChI is InChI=1S/C57H86O6/c1-4-7-10-13-16-19-22-25-27-29-32-35-38-41-44-47-50-56(59)62-53-54(52-61-55(58)49-46-43-40-37-34-31-24-21-18-15-12-9-6-3)63-57(60)51-48-45-42-39-36-33-30-28-26-23-20-17-14-11-8-5-2/h7,9-10,12,15-16,18-19,21,24-25,27-28,30-37,40-41,44,54H,4-6,8,11,13-14,17,20,22-23,26,29,38-39,42-43,45-53H2,1-3H3/b10-7-,12-9-,18-15-,19-16-,24-21-,27-25-,30-28-,34-31-,35-32-,36-33-,40-37-,44-41-. The summed E-state index contributed by atoms with van der Waals surface area (Å²) in [6.07, 6.45) is 71.4. The zero-order chi connectivity index (χ0) is 45.8. The van der Waals surface area contributed by atoms with Gasteiger partial charge in [0.15, 0.2) is 6.10 Å².